The quantitative estimate of drug-likeness (QED) is 0.351. The van der Waals surface area contributed by atoms with Crippen molar-refractivity contribution < 1.29 is 14.7 Å². The Bertz CT molecular complexity index is 1280. The molecule has 1 aliphatic heterocycles. The fourth-order valence-electron chi connectivity index (χ4n) is 4.06. The highest BCUT2D eigenvalue weighted by molar-refractivity contribution is 6.38. The number of benzene rings is 3. The first-order valence-corrected chi connectivity index (χ1v) is 11.9. The molecule has 7 heteroatoms. The van der Waals surface area contributed by atoms with E-state index in [4.69, 9.17) is 16.7 Å². The van der Waals surface area contributed by atoms with Gasteiger partial charge in [0.05, 0.1) is 17.0 Å². The van der Waals surface area contributed by atoms with Gasteiger partial charge in [-0.25, -0.2) is 0 Å². The zero-order valence-electron chi connectivity index (χ0n) is 19.8. The molecule has 0 saturated heterocycles. The van der Waals surface area contributed by atoms with Crippen molar-refractivity contribution in [3.8, 4) is 0 Å². The van der Waals surface area contributed by atoms with Crippen LogP contribution in [-0.4, -0.2) is 42.5 Å². The van der Waals surface area contributed by atoms with Crippen LogP contribution >= 0.6 is 11.6 Å². The van der Waals surface area contributed by atoms with Crippen LogP contribution in [0, 0.1) is 0 Å². The van der Waals surface area contributed by atoms with Crippen LogP contribution in [0.2, 0.25) is 5.02 Å². The van der Waals surface area contributed by atoms with Crippen LogP contribution in [0.1, 0.15) is 28.7 Å². The summed E-state index contributed by atoms with van der Waals surface area (Å²) in [6.45, 7) is 0.963. The minimum Gasteiger partial charge on any atom is -0.481 e. The molecule has 3 aromatic rings. The van der Waals surface area contributed by atoms with Crippen LogP contribution in [0.3, 0.4) is 0 Å². The molecule has 4 rings (SSSR count). The van der Waals surface area contributed by atoms with Gasteiger partial charge in [0, 0.05) is 29.2 Å². The zero-order chi connectivity index (χ0) is 24.9. The Hall–Kier alpha value is -3.61. The first-order chi connectivity index (χ1) is 16.8. The van der Waals surface area contributed by atoms with Crippen molar-refractivity contribution in [3.63, 3.8) is 0 Å². The number of carboxylic acids is 1. The van der Waals surface area contributed by atoms with E-state index >= 15 is 0 Å². The van der Waals surface area contributed by atoms with E-state index in [9.17, 15) is 9.59 Å². The summed E-state index contributed by atoms with van der Waals surface area (Å²) in [7, 11) is 4.10. The summed E-state index contributed by atoms with van der Waals surface area (Å²) in [6.07, 6.45) is 1.40. The van der Waals surface area contributed by atoms with Gasteiger partial charge in [0.25, 0.3) is 5.91 Å². The molecule has 1 aliphatic rings. The smallest absolute Gasteiger partial charge is 0.303 e. The van der Waals surface area contributed by atoms with Gasteiger partial charge in [-0.1, -0.05) is 48.0 Å². The van der Waals surface area contributed by atoms with E-state index in [1.807, 2.05) is 42.5 Å². The first-order valence-electron chi connectivity index (χ1n) is 11.5. The number of aliphatic carboxylic acids is 1. The van der Waals surface area contributed by atoms with E-state index in [1.54, 1.807) is 12.1 Å². The van der Waals surface area contributed by atoms with E-state index < -0.39 is 5.97 Å². The molecule has 0 radical (unpaired) electrons. The highest BCUT2D eigenvalue weighted by Gasteiger charge is 2.28. The highest BCUT2D eigenvalue weighted by Crippen LogP contribution is 2.39. The molecule has 0 unspecified atom stereocenters. The second-order valence-corrected chi connectivity index (χ2v) is 9.30. The topological polar surface area (TPSA) is 81.7 Å². The van der Waals surface area contributed by atoms with Crippen molar-refractivity contribution >= 4 is 46.1 Å². The van der Waals surface area contributed by atoms with Gasteiger partial charge in [0.15, 0.2) is 0 Å². The van der Waals surface area contributed by atoms with Gasteiger partial charge in [-0.2, -0.15) is 0 Å². The van der Waals surface area contributed by atoms with Crippen molar-refractivity contribution in [1.82, 2.24) is 4.90 Å². The average molecular weight is 490 g/mol. The molecule has 0 aliphatic carbocycles. The summed E-state index contributed by atoms with van der Waals surface area (Å²) in [5, 5.41) is 16.0. The zero-order valence-corrected chi connectivity index (χ0v) is 20.5. The summed E-state index contributed by atoms with van der Waals surface area (Å²) >= 11 is 6.15. The molecule has 0 atom stereocenters. The molecule has 3 aromatic carbocycles. The maximum Gasteiger partial charge on any atom is 0.303 e. The molecule has 0 saturated carbocycles. The molecule has 1 amide bonds. The Morgan fingerprint density at radius 3 is 2.49 bits per heavy atom. The molecule has 180 valence electrons. The van der Waals surface area contributed by atoms with Crippen molar-refractivity contribution in [2.75, 3.05) is 31.3 Å². The number of likely N-dealkylation sites (N-methyl/N-ethyl adjacent to an activating group) is 1. The monoisotopic (exact) mass is 489 g/mol. The molecular formula is C28H28ClN3O3. The van der Waals surface area contributed by atoms with E-state index in [0.717, 1.165) is 35.3 Å². The number of hydrogen-bond acceptors (Lipinski definition) is 4. The SMILES string of the molecule is CN(C)CCc1ccc(NC(=C2C(=O)Nc3cc(Cl)ccc32)c2cccc(CCC(=O)O)c2)cc1. The molecule has 3 N–H and O–H groups in total. The number of nitrogens with one attached hydrogen (secondary N) is 2. The normalized spacial score (nSPS) is 14.0. The Morgan fingerprint density at radius 2 is 1.77 bits per heavy atom. The van der Waals surface area contributed by atoms with Gasteiger partial charge in [-0.15, -0.1) is 0 Å². The number of nitrogens with zero attached hydrogens (tertiary/aromatic N) is 1. The number of halogens is 1. The fourth-order valence-corrected chi connectivity index (χ4v) is 4.23. The number of anilines is 2. The van der Waals surface area contributed by atoms with Gasteiger partial charge < -0.3 is 20.6 Å². The molecule has 35 heavy (non-hydrogen) atoms. The van der Waals surface area contributed by atoms with Crippen LogP contribution in [0.4, 0.5) is 11.4 Å². The number of rotatable bonds is 9. The number of carbonyl (C=O) groups is 2. The molecule has 1 heterocycles. The van der Waals surface area contributed by atoms with E-state index in [-0.39, 0.29) is 12.3 Å². The lowest BCUT2D eigenvalue weighted by Gasteiger charge is -2.16. The van der Waals surface area contributed by atoms with E-state index in [2.05, 4.69) is 41.8 Å². The highest BCUT2D eigenvalue weighted by atomic mass is 35.5. The van der Waals surface area contributed by atoms with Crippen LogP contribution < -0.4 is 10.6 Å². The van der Waals surface area contributed by atoms with Gasteiger partial charge >= 0.3 is 5.97 Å². The predicted molar refractivity (Wildman–Crippen MR) is 142 cm³/mol. The number of aryl methyl sites for hydroxylation is 1. The van der Waals surface area contributed by atoms with Crippen LogP contribution in [-0.2, 0) is 22.4 Å². The second kappa shape index (κ2) is 10.8. The van der Waals surface area contributed by atoms with Gasteiger partial charge in [0.1, 0.15) is 0 Å². The minimum absolute atomic E-state index is 0.0407. The van der Waals surface area contributed by atoms with Crippen molar-refractivity contribution in [2.45, 2.75) is 19.3 Å². The summed E-state index contributed by atoms with van der Waals surface area (Å²) in [4.78, 5) is 26.3. The maximum atomic E-state index is 13.1. The van der Waals surface area contributed by atoms with Gasteiger partial charge in [-0.05, 0) is 74.0 Å². The lowest BCUT2D eigenvalue weighted by atomic mass is 9.97. The Balaban J connectivity index is 1.75. The average Bonchev–Trinajstić information content (AvgIpc) is 3.15. The van der Waals surface area contributed by atoms with Crippen LogP contribution in [0.15, 0.2) is 66.7 Å². The van der Waals surface area contributed by atoms with Crippen molar-refractivity contribution in [1.29, 1.82) is 0 Å². The van der Waals surface area contributed by atoms with Gasteiger partial charge in [0.2, 0.25) is 0 Å². The van der Waals surface area contributed by atoms with Crippen molar-refractivity contribution in [3.05, 3.63) is 94.0 Å². The third-order valence-corrected chi connectivity index (χ3v) is 6.13. The number of hydrogen-bond donors (Lipinski definition) is 3. The van der Waals surface area contributed by atoms with E-state index in [0.29, 0.717) is 28.4 Å². The largest absolute Gasteiger partial charge is 0.481 e. The molecule has 0 fully saturated rings. The fraction of sp³-hybridized carbons (Fsp3) is 0.214. The summed E-state index contributed by atoms with van der Waals surface area (Å²) in [5.41, 5.74) is 6.37. The number of amides is 1. The molecule has 0 aromatic heterocycles. The molecule has 0 spiro atoms. The van der Waals surface area contributed by atoms with Crippen LogP contribution in [0.5, 0.6) is 0 Å². The van der Waals surface area contributed by atoms with Gasteiger partial charge in [-0.3, -0.25) is 9.59 Å². The number of carboxylic acid groups (broad SMARTS) is 1. The molecular weight excluding hydrogens is 462 g/mol. The standard InChI is InChI=1S/C28H28ClN3O3/c1-32(2)15-14-18-6-10-22(11-7-18)30-27(20-5-3-4-19(16-20)8-13-25(33)34)26-23-12-9-21(29)17-24(23)31-28(26)35/h3-7,9-12,16-17,30H,8,13-15H2,1-2H3,(H,31,35)(H,33,34). The second-order valence-electron chi connectivity index (χ2n) is 8.86. The first kappa shape index (κ1) is 24.5. The van der Waals surface area contributed by atoms with Crippen molar-refractivity contribution in [2.24, 2.45) is 0 Å². The third kappa shape index (κ3) is 6.10. The summed E-state index contributed by atoms with van der Waals surface area (Å²) in [5.74, 6) is -1.06. The molecule has 0 bridgehead atoms. The Morgan fingerprint density at radius 1 is 1.00 bits per heavy atom. The minimum atomic E-state index is -0.845. The van der Waals surface area contributed by atoms with E-state index in [1.165, 1.54) is 5.56 Å². The third-order valence-electron chi connectivity index (χ3n) is 5.89. The number of carbonyl (C=O) groups excluding carboxylic acids is 1. The Kier molecular flexibility index (Phi) is 7.54. The Labute approximate surface area is 210 Å². The lowest BCUT2D eigenvalue weighted by molar-refractivity contribution is -0.137. The lowest BCUT2D eigenvalue weighted by Crippen LogP contribution is -2.15. The number of fused-ring (bicyclic) bond motifs is 1. The summed E-state index contributed by atoms with van der Waals surface area (Å²) in [6, 6.07) is 21.2. The molecule has 6 nitrogen and oxygen atoms in total. The van der Waals surface area contributed by atoms with Crippen LogP contribution in [0.25, 0.3) is 11.3 Å². The predicted octanol–water partition coefficient (Wildman–Crippen LogP) is 5.39. The maximum absolute atomic E-state index is 13.1. The summed E-state index contributed by atoms with van der Waals surface area (Å²) < 4.78 is 0.